The van der Waals surface area contributed by atoms with Gasteiger partial charge in [0.15, 0.2) is 9.84 Å². The molecule has 0 bridgehead atoms. The number of nitrogens with one attached hydrogen (secondary N) is 1. The highest BCUT2D eigenvalue weighted by Gasteiger charge is 2.30. The molecule has 7 heteroatoms. The molecule has 0 fully saturated rings. The van der Waals surface area contributed by atoms with Gasteiger partial charge in [0.1, 0.15) is 5.25 Å². The zero-order chi connectivity index (χ0) is 14.2. The molecule has 2 rings (SSSR count). The van der Waals surface area contributed by atoms with Crippen molar-refractivity contribution in [2.24, 2.45) is 0 Å². The van der Waals surface area contributed by atoms with E-state index in [1.807, 2.05) is 6.07 Å². The molecule has 1 aromatic heterocycles. The number of aromatic amines is 1. The number of hydrogen-bond acceptors (Lipinski definition) is 4. The fourth-order valence-corrected chi connectivity index (χ4v) is 2.63. The van der Waals surface area contributed by atoms with E-state index >= 15 is 0 Å². The Kier molecular flexibility index (Phi) is 3.49. The molecule has 6 nitrogen and oxygen atoms in total. The minimum absolute atomic E-state index is 0.171. The second-order valence-electron chi connectivity index (χ2n) is 4.79. The average molecular weight is 284 g/mol. The molecule has 0 spiro atoms. The van der Waals surface area contributed by atoms with Gasteiger partial charge in [-0.15, -0.1) is 0 Å². The zero-order valence-corrected chi connectivity index (χ0v) is 11.7. The topological polar surface area (TPSA) is 87.3 Å². The van der Waals surface area contributed by atoms with Crippen LogP contribution >= 0.6 is 0 Å². The van der Waals surface area contributed by atoms with Crippen LogP contribution < -0.4 is 5.56 Å². The summed E-state index contributed by atoms with van der Waals surface area (Å²) in [6.45, 7) is 1.99. The van der Waals surface area contributed by atoms with Gasteiger partial charge < -0.3 is 9.88 Å². The number of fused-ring (bicyclic) bond motifs is 1. The van der Waals surface area contributed by atoms with Gasteiger partial charge >= 0.3 is 0 Å². The van der Waals surface area contributed by atoms with Crippen molar-refractivity contribution in [2.45, 2.75) is 25.1 Å². The average Bonchev–Trinajstić information content (AvgIpc) is 2.36. The Hall–Kier alpha value is -1.63. The van der Waals surface area contributed by atoms with E-state index in [0.29, 0.717) is 18.5 Å². The van der Waals surface area contributed by atoms with Gasteiger partial charge in [-0.1, -0.05) is 0 Å². The third-order valence-corrected chi connectivity index (χ3v) is 4.95. The van der Waals surface area contributed by atoms with E-state index in [1.54, 1.807) is 6.20 Å². The van der Waals surface area contributed by atoms with Gasteiger partial charge in [0.25, 0.3) is 5.56 Å². The second kappa shape index (κ2) is 4.80. The summed E-state index contributed by atoms with van der Waals surface area (Å²) in [5, 5.41) is -1.07. The van der Waals surface area contributed by atoms with Crippen LogP contribution in [0.1, 0.15) is 18.1 Å². The lowest BCUT2D eigenvalue weighted by atomic mass is 10.0. The maximum absolute atomic E-state index is 12.1. The van der Waals surface area contributed by atoms with Gasteiger partial charge in [-0.05, 0) is 25.0 Å². The summed E-state index contributed by atoms with van der Waals surface area (Å²) in [5.41, 5.74) is 1.24. The molecular formula is C12H16N2O4S. The maximum Gasteiger partial charge on any atom is 0.253 e. The van der Waals surface area contributed by atoms with E-state index in [9.17, 15) is 18.0 Å². The highest BCUT2D eigenvalue weighted by Crippen LogP contribution is 2.17. The Morgan fingerprint density at radius 2 is 2.16 bits per heavy atom. The van der Waals surface area contributed by atoms with Crippen molar-refractivity contribution in [3.8, 4) is 0 Å². The molecule has 1 N–H and O–H groups in total. The number of nitrogens with zero attached hydrogens (tertiary/aromatic N) is 1. The first-order valence-electron chi connectivity index (χ1n) is 5.98. The van der Waals surface area contributed by atoms with Crippen molar-refractivity contribution in [1.29, 1.82) is 0 Å². The van der Waals surface area contributed by atoms with E-state index in [0.717, 1.165) is 11.8 Å². The third-order valence-electron chi connectivity index (χ3n) is 3.46. The third kappa shape index (κ3) is 2.70. The van der Waals surface area contributed by atoms with Gasteiger partial charge in [-0.2, -0.15) is 0 Å². The van der Waals surface area contributed by atoms with Crippen molar-refractivity contribution in [3.63, 3.8) is 0 Å². The fraction of sp³-hybridized carbons (Fsp3) is 0.500. The van der Waals surface area contributed by atoms with Gasteiger partial charge in [-0.3, -0.25) is 9.59 Å². The fourth-order valence-electron chi connectivity index (χ4n) is 2.11. The molecule has 1 atom stereocenters. The molecular weight excluding hydrogens is 268 g/mol. The van der Waals surface area contributed by atoms with Gasteiger partial charge in [0, 0.05) is 24.6 Å². The summed E-state index contributed by atoms with van der Waals surface area (Å²) in [7, 11) is -3.42. The summed E-state index contributed by atoms with van der Waals surface area (Å²) in [5.74, 6) is -0.448. The number of carbonyl (C=O) groups excluding carboxylic acids is 1. The molecule has 19 heavy (non-hydrogen) atoms. The number of H-pyrrole nitrogens is 1. The lowest BCUT2D eigenvalue weighted by Gasteiger charge is -2.29. The lowest BCUT2D eigenvalue weighted by molar-refractivity contribution is -0.131. The summed E-state index contributed by atoms with van der Waals surface area (Å²) in [6.07, 6.45) is 3.19. The van der Waals surface area contributed by atoms with E-state index < -0.39 is 21.0 Å². The molecule has 1 unspecified atom stereocenters. The number of amides is 1. The molecule has 0 radical (unpaired) electrons. The smallest absolute Gasteiger partial charge is 0.253 e. The molecule has 1 aliphatic rings. The van der Waals surface area contributed by atoms with Crippen LogP contribution in [0, 0.1) is 0 Å². The molecule has 0 saturated carbocycles. The molecule has 2 heterocycles. The van der Waals surface area contributed by atoms with Gasteiger partial charge in [-0.25, -0.2) is 8.42 Å². The number of sulfone groups is 1. The predicted octanol–water partition coefficient (Wildman–Crippen LogP) is -0.307. The van der Waals surface area contributed by atoms with Crippen LogP contribution in [0.25, 0.3) is 0 Å². The van der Waals surface area contributed by atoms with Crippen LogP contribution in [0.5, 0.6) is 0 Å². The number of rotatable bonds is 2. The quantitative estimate of drug-likeness (QED) is 0.807. The lowest BCUT2D eigenvalue weighted by Crippen LogP contribution is -2.45. The van der Waals surface area contributed by atoms with Crippen LogP contribution in [-0.2, 0) is 27.6 Å². The number of carbonyl (C=O) groups is 1. The molecule has 0 aliphatic carbocycles. The Balaban J connectivity index is 2.25. The maximum atomic E-state index is 12.1. The van der Waals surface area contributed by atoms with Crippen LogP contribution in [0.2, 0.25) is 0 Å². The molecule has 0 saturated heterocycles. The van der Waals surface area contributed by atoms with E-state index in [2.05, 4.69) is 4.98 Å². The van der Waals surface area contributed by atoms with Gasteiger partial charge in [0.2, 0.25) is 5.91 Å². The zero-order valence-electron chi connectivity index (χ0n) is 10.8. The Morgan fingerprint density at radius 3 is 2.79 bits per heavy atom. The molecule has 1 aromatic rings. The van der Waals surface area contributed by atoms with E-state index in [1.165, 1.54) is 11.8 Å². The van der Waals surface area contributed by atoms with Crippen molar-refractivity contribution < 1.29 is 13.2 Å². The summed E-state index contributed by atoms with van der Waals surface area (Å²) >= 11 is 0. The number of pyridine rings is 1. The standard InChI is InChI=1S/C12H16N2O4S/c1-8(19(2,17)18)12(16)14-6-4-9-3-5-13-11(15)10(9)7-14/h3,5,8H,4,6-7H2,1-2H3,(H,13,15). The SMILES string of the molecule is CC(C(=O)N1CCc2cc[nH]c(=O)c2C1)S(C)(=O)=O. The van der Waals surface area contributed by atoms with Crippen molar-refractivity contribution in [1.82, 2.24) is 9.88 Å². The van der Waals surface area contributed by atoms with Crippen LogP contribution in [0.3, 0.4) is 0 Å². The molecule has 1 aliphatic heterocycles. The first-order chi connectivity index (χ1) is 8.80. The Bertz CT molecular complexity index is 663. The highest BCUT2D eigenvalue weighted by atomic mass is 32.2. The van der Waals surface area contributed by atoms with Crippen LogP contribution in [0.4, 0.5) is 0 Å². The molecule has 0 aromatic carbocycles. The first kappa shape index (κ1) is 13.8. The molecule has 1 amide bonds. The minimum Gasteiger partial charge on any atom is -0.337 e. The molecule has 104 valence electrons. The van der Waals surface area contributed by atoms with Crippen LogP contribution in [-0.4, -0.2) is 42.3 Å². The number of aromatic nitrogens is 1. The minimum atomic E-state index is -3.42. The Labute approximate surface area is 111 Å². The Morgan fingerprint density at radius 1 is 1.47 bits per heavy atom. The summed E-state index contributed by atoms with van der Waals surface area (Å²) < 4.78 is 22.8. The summed E-state index contributed by atoms with van der Waals surface area (Å²) in [4.78, 5) is 27.8. The monoisotopic (exact) mass is 284 g/mol. The first-order valence-corrected chi connectivity index (χ1v) is 7.93. The second-order valence-corrected chi connectivity index (χ2v) is 7.16. The summed E-state index contributed by atoms with van der Waals surface area (Å²) in [6, 6.07) is 1.82. The van der Waals surface area contributed by atoms with Crippen molar-refractivity contribution >= 4 is 15.7 Å². The van der Waals surface area contributed by atoms with Crippen LogP contribution in [0.15, 0.2) is 17.1 Å². The van der Waals surface area contributed by atoms with E-state index in [4.69, 9.17) is 0 Å². The van der Waals surface area contributed by atoms with Crippen molar-refractivity contribution in [3.05, 3.63) is 33.7 Å². The highest BCUT2D eigenvalue weighted by molar-refractivity contribution is 7.92. The van der Waals surface area contributed by atoms with Crippen molar-refractivity contribution in [2.75, 3.05) is 12.8 Å². The predicted molar refractivity (Wildman–Crippen MR) is 70.5 cm³/mol. The van der Waals surface area contributed by atoms with E-state index in [-0.39, 0.29) is 12.1 Å². The number of hydrogen-bond donors (Lipinski definition) is 1. The largest absolute Gasteiger partial charge is 0.337 e. The normalized spacial score (nSPS) is 16.8. The van der Waals surface area contributed by atoms with Gasteiger partial charge in [0.05, 0.1) is 6.54 Å².